The minimum atomic E-state index is 0.170. The standard InChI is InChI=1S/C15H17NO/c1-11-8-9-15(17)14(10-11)16-12(2)13-6-4-3-5-7-13/h3-10,12,16-17H,1-2H3. The molecule has 0 spiro atoms. The molecular formula is C15H17NO. The first-order valence-electron chi connectivity index (χ1n) is 5.78. The average Bonchev–Trinajstić information content (AvgIpc) is 2.35. The van der Waals surface area contributed by atoms with Gasteiger partial charge in [0.25, 0.3) is 0 Å². The molecule has 0 saturated carbocycles. The van der Waals surface area contributed by atoms with Gasteiger partial charge in [-0.25, -0.2) is 0 Å². The molecule has 0 aliphatic heterocycles. The number of benzene rings is 2. The van der Waals surface area contributed by atoms with Gasteiger partial charge in [-0.15, -0.1) is 0 Å². The molecule has 0 amide bonds. The van der Waals surface area contributed by atoms with Crippen molar-refractivity contribution < 1.29 is 5.11 Å². The minimum Gasteiger partial charge on any atom is -0.506 e. The van der Waals surface area contributed by atoms with E-state index in [2.05, 4.69) is 24.4 Å². The van der Waals surface area contributed by atoms with Gasteiger partial charge in [-0.2, -0.15) is 0 Å². The van der Waals surface area contributed by atoms with Gasteiger partial charge in [0.05, 0.1) is 5.69 Å². The Bertz CT molecular complexity index is 494. The van der Waals surface area contributed by atoms with E-state index in [1.54, 1.807) is 6.07 Å². The number of hydrogen-bond acceptors (Lipinski definition) is 2. The van der Waals surface area contributed by atoms with E-state index in [1.165, 1.54) is 5.56 Å². The lowest BCUT2D eigenvalue weighted by atomic mass is 10.1. The van der Waals surface area contributed by atoms with Gasteiger partial charge in [0.15, 0.2) is 0 Å². The van der Waals surface area contributed by atoms with Crippen LogP contribution in [0.3, 0.4) is 0 Å². The molecule has 0 bridgehead atoms. The molecule has 2 N–H and O–H groups in total. The van der Waals surface area contributed by atoms with Gasteiger partial charge in [-0.05, 0) is 37.1 Å². The van der Waals surface area contributed by atoms with Crippen molar-refractivity contribution in [3.63, 3.8) is 0 Å². The number of aromatic hydroxyl groups is 1. The number of phenolic OH excluding ortho intramolecular Hbond substituents is 1. The number of anilines is 1. The minimum absolute atomic E-state index is 0.170. The van der Waals surface area contributed by atoms with Crippen LogP contribution >= 0.6 is 0 Å². The zero-order valence-electron chi connectivity index (χ0n) is 10.1. The Kier molecular flexibility index (Phi) is 3.33. The summed E-state index contributed by atoms with van der Waals surface area (Å²) in [7, 11) is 0. The van der Waals surface area contributed by atoms with E-state index < -0.39 is 0 Å². The summed E-state index contributed by atoms with van der Waals surface area (Å²) in [5.74, 6) is 0.290. The lowest BCUT2D eigenvalue weighted by molar-refractivity contribution is 0.476. The first-order chi connectivity index (χ1) is 8.16. The maximum absolute atomic E-state index is 9.77. The van der Waals surface area contributed by atoms with Crippen molar-refractivity contribution in [2.75, 3.05) is 5.32 Å². The normalized spacial score (nSPS) is 12.1. The Labute approximate surface area is 102 Å². The van der Waals surface area contributed by atoms with Crippen LogP contribution in [-0.4, -0.2) is 5.11 Å². The van der Waals surface area contributed by atoms with Gasteiger partial charge in [0, 0.05) is 6.04 Å². The lowest BCUT2D eigenvalue weighted by Gasteiger charge is -2.17. The van der Waals surface area contributed by atoms with Crippen molar-refractivity contribution in [3.05, 3.63) is 59.7 Å². The highest BCUT2D eigenvalue weighted by Crippen LogP contribution is 2.27. The first-order valence-corrected chi connectivity index (χ1v) is 5.78. The molecule has 0 aliphatic carbocycles. The number of hydrogen-bond donors (Lipinski definition) is 2. The highest BCUT2D eigenvalue weighted by Gasteiger charge is 2.07. The van der Waals surface area contributed by atoms with Crippen molar-refractivity contribution in [2.24, 2.45) is 0 Å². The van der Waals surface area contributed by atoms with E-state index in [-0.39, 0.29) is 6.04 Å². The van der Waals surface area contributed by atoms with E-state index in [0.717, 1.165) is 11.3 Å². The van der Waals surface area contributed by atoms with Crippen molar-refractivity contribution >= 4 is 5.69 Å². The van der Waals surface area contributed by atoms with Crippen molar-refractivity contribution in [1.29, 1.82) is 0 Å². The molecule has 17 heavy (non-hydrogen) atoms. The Balaban J connectivity index is 2.18. The maximum atomic E-state index is 9.77. The molecule has 2 rings (SSSR count). The fourth-order valence-corrected chi connectivity index (χ4v) is 1.82. The fraction of sp³-hybridized carbons (Fsp3) is 0.200. The Morgan fingerprint density at radius 2 is 1.76 bits per heavy atom. The molecule has 0 fully saturated rings. The van der Waals surface area contributed by atoms with Crippen LogP contribution in [0, 0.1) is 6.92 Å². The number of aryl methyl sites for hydroxylation is 1. The summed E-state index contributed by atoms with van der Waals surface area (Å²) in [5.41, 5.74) is 3.11. The molecule has 1 atom stereocenters. The van der Waals surface area contributed by atoms with E-state index in [0.29, 0.717) is 5.75 Å². The van der Waals surface area contributed by atoms with Gasteiger partial charge in [-0.1, -0.05) is 36.4 Å². The molecule has 0 radical (unpaired) electrons. The van der Waals surface area contributed by atoms with Crippen LogP contribution in [0.25, 0.3) is 0 Å². The second-order valence-corrected chi connectivity index (χ2v) is 4.30. The van der Waals surface area contributed by atoms with Crippen LogP contribution in [0.2, 0.25) is 0 Å². The fourth-order valence-electron chi connectivity index (χ4n) is 1.82. The van der Waals surface area contributed by atoms with Crippen LogP contribution in [0.15, 0.2) is 48.5 Å². The predicted molar refractivity (Wildman–Crippen MR) is 71.3 cm³/mol. The quantitative estimate of drug-likeness (QED) is 0.780. The van der Waals surface area contributed by atoms with Gasteiger partial charge >= 0.3 is 0 Å². The molecule has 2 aromatic rings. The third kappa shape index (κ3) is 2.78. The summed E-state index contributed by atoms with van der Waals surface area (Å²) < 4.78 is 0. The van der Waals surface area contributed by atoms with Crippen molar-refractivity contribution in [3.8, 4) is 5.75 Å². The third-order valence-corrected chi connectivity index (χ3v) is 2.82. The van der Waals surface area contributed by atoms with Gasteiger partial charge in [-0.3, -0.25) is 0 Å². The van der Waals surface area contributed by atoms with Crippen LogP contribution in [0.4, 0.5) is 5.69 Å². The molecule has 0 heterocycles. The molecule has 0 aromatic heterocycles. The monoisotopic (exact) mass is 227 g/mol. The number of phenols is 1. The highest BCUT2D eigenvalue weighted by molar-refractivity contribution is 5.58. The highest BCUT2D eigenvalue weighted by atomic mass is 16.3. The van der Waals surface area contributed by atoms with E-state index in [4.69, 9.17) is 0 Å². The van der Waals surface area contributed by atoms with Gasteiger partial charge < -0.3 is 10.4 Å². The zero-order chi connectivity index (χ0) is 12.3. The Morgan fingerprint density at radius 1 is 1.06 bits per heavy atom. The van der Waals surface area contributed by atoms with Gasteiger partial charge in [0.2, 0.25) is 0 Å². The summed E-state index contributed by atoms with van der Waals surface area (Å²) in [6.07, 6.45) is 0. The van der Waals surface area contributed by atoms with Crippen LogP contribution in [-0.2, 0) is 0 Å². The molecule has 2 aromatic carbocycles. The molecule has 1 unspecified atom stereocenters. The van der Waals surface area contributed by atoms with Crippen LogP contribution in [0.1, 0.15) is 24.1 Å². The molecule has 88 valence electrons. The topological polar surface area (TPSA) is 32.3 Å². The molecule has 0 aliphatic rings. The van der Waals surface area contributed by atoms with E-state index >= 15 is 0 Å². The van der Waals surface area contributed by atoms with Crippen LogP contribution < -0.4 is 5.32 Å². The largest absolute Gasteiger partial charge is 0.506 e. The third-order valence-electron chi connectivity index (χ3n) is 2.82. The molecule has 2 heteroatoms. The number of nitrogens with one attached hydrogen (secondary N) is 1. The van der Waals surface area contributed by atoms with Crippen molar-refractivity contribution in [2.45, 2.75) is 19.9 Å². The second-order valence-electron chi connectivity index (χ2n) is 4.30. The molecular weight excluding hydrogens is 210 g/mol. The second kappa shape index (κ2) is 4.91. The summed E-state index contributed by atoms with van der Waals surface area (Å²) in [4.78, 5) is 0. The summed E-state index contributed by atoms with van der Waals surface area (Å²) in [5, 5.41) is 13.1. The zero-order valence-corrected chi connectivity index (χ0v) is 10.1. The SMILES string of the molecule is Cc1ccc(O)c(NC(C)c2ccccc2)c1. The van der Waals surface area contributed by atoms with Gasteiger partial charge in [0.1, 0.15) is 5.75 Å². The average molecular weight is 227 g/mol. The number of rotatable bonds is 3. The van der Waals surface area contributed by atoms with Crippen molar-refractivity contribution in [1.82, 2.24) is 0 Å². The summed E-state index contributed by atoms with van der Waals surface area (Å²) in [6.45, 7) is 4.09. The summed E-state index contributed by atoms with van der Waals surface area (Å²) >= 11 is 0. The predicted octanol–water partition coefficient (Wildman–Crippen LogP) is 3.87. The Morgan fingerprint density at radius 3 is 2.47 bits per heavy atom. The van der Waals surface area contributed by atoms with Crippen LogP contribution in [0.5, 0.6) is 5.75 Å². The van der Waals surface area contributed by atoms with E-state index in [1.807, 2.05) is 37.3 Å². The smallest absolute Gasteiger partial charge is 0.138 e. The summed E-state index contributed by atoms with van der Waals surface area (Å²) in [6, 6.07) is 15.9. The molecule has 2 nitrogen and oxygen atoms in total. The lowest BCUT2D eigenvalue weighted by Crippen LogP contribution is -2.06. The van der Waals surface area contributed by atoms with E-state index in [9.17, 15) is 5.11 Å². The molecule has 0 saturated heterocycles. The maximum Gasteiger partial charge on any atom is 0.138 e. The first kappa shape index (κ1) is 11.5. The Hall–Kier alpha value is -1.96.